The van der Waals surface area contributed by atoms with E-state index < -0.39 is 6.10 Å². The second-order valence-electron chi connectivity index (χ2n) is 7.68. The zero-order valence-corrected chi connectivity index (χ0v) is 16.5. The number of ether oxygens (including phenoxy) is 3. The van der Waals surface area contributed by atoms with Gasteiger partial charge in [0.05, 0.1) is 27.4 Å². The number of rotatable bonds is 3. The van der Waals surface area contributed by atoms with E-state index in [0.717, 1.165) is 58.8 Å². The fourth-order valence-corrected chi connectivity index (χ4v) is 5.08. The second kappa shape index (κ2) is 6.54. The third-order valence-electron chi connectivity index (χ3n) is 6.42. The van der Waals surface area contributed by atoms with Crippen LogP contribution in [0.1, 0.15) is 30.1 Å². The first-order valence-electron chi connectivity index (χ1n) is 9.76. The van der Waals surface area contributed by atoms with Crippen LogP contribution in [0.25, 0.3) is 21.5 Å². The van der Waals surface area contributed by atoms with Crippen molar-refractivity contribution in [3.8, 4) is 17.2 Å². The summed E-state index contributed by atoms with van der Waals surface area (Å²) in [6.45, 7) is 1.89. The van der Waals surface area contributed by atoms with Crippen molar-refractivity contribution in [1.82, 2.24) is 4.90 Å². The maximum atomic E-state index is 11.3. The van der Waals surface area contributed by atoms with Gasteiger partial charge in [-0.25, -0.2) is 0 Å². The Kier molecular flexibility index (Phi) is 4.11. The SMILES string of the molecule is COc1ccc2c3c(c4cc(OC)c(OC)cc4c2c1)CN1CCC[C@@H]1[C@H]3O. The predicted molar refractivity (Wildman–Crippen MR) is 110 cm³/mol. The molecule has 2 atom stereocenters. The minimum Gasteiger partial charge on any atom is -0.497 e. The average molecular weight is 379 g/mol. The van der Waals surface area contributed by atoms with Gasteiger partial charge in [0.25, 0.3) is 0 Å². The largest absolute Gasteiger partial charge is 0.497 e. The minimum absolute atomic E-state index is 0.204. The van der Waals surface area contributed by atoms with E-state index in [-0.39, 0.29) is 6.04 Å². The van der Waals surface area contributed by atoms with Crippen LogP contribution in [0.4, 0.5) is 0 Å². The standard InChI is InChI=1S/C23H25NO4/c1-26-13-6-7-14-15(9-13)16-10-20(27-2)21(28-3)11-17(16)18-12-24-8-4-5-19(24)23(25)22(14)18/h6-7,9-11,19,23,25H,4-5,8,12H2,1-3H3/t19-,23-/m1/s1. The van der Waals surface area contributed by atoms with E-state index in [9.17, 15) is 5.11 Å². The van der Waals surface area contributed by atoms with Crippen molar-refractivity contribution in [2.24, 2.45) is 0 Å². The van der Waals surface area contributed by atoms with Crippen molar-refractivity contribution in [2.75, 3.05) is 27.9 Å². The summed E-state index contributed by atoms with van der Waals surface area (Å²) in [5.74, 6) is 2.21. The van der Waals surface area contributed by atoms with Gasteiger partial charge in [-0.1, -0.05) is 6.07 Å². The number of benzene rings is 3. The number of aliphatic hydroxyl groups excluding tert-OH is 1. The van der Waals surface area contributed by atoms with Gasteiger partial charge in [-0.05, 0) is 76.3 Å². The van der Waals surface area contributed by atoms with E-state index in [4.69, 9.17) is 14.2 Å². The molecule has 146 valence electrons. The molecule has 3 aromatic carbocycles. The summed E-state index contributed by atoms with van der Waals surface area (Å²) in [4.78, 5) is 2.42. The molecule has 28 heavy (non-hydrogen) atoms. The Hall–Kier alpha value is -2.50. The van der Waals surface area contributed by atoms with Crippen molar-refractivity contribution in [3.63, 3.8) is 0 Å². The molecule has 0 spiro atoms. The van der Waals surface area contributed by atoms with Gasteiger partial charge in [-0.3, -0.25) is 4.90 Å². The highest BCUT2D eigenvalue weighted by Gasteiger charge is 2.39. The highest BCUT2D eigenvalue weighted by Crippen LogP contribution is 2.47. The van der Waals surface area contributed by atoms with E-state index in [1.54, 1.807) is 21.3 Å². The molecule has 1 N–H and O–H groups in total. The molecule has 1 fully saturated rings. The summed E-state index contributed by atoms with van der Waals surface area (Å²) in [5.41, 5.74) is 2.25. The average Bonchev–Trinajstić information content (AvgIpc) is 3.21. The number of hydrogen-bond acceptors (Lipinski definition) is 5. The predicted octanol–water partition coefficient (Wildman–Crippen LogP) is 4.03. The van der Waals surface area contributed by atoms with Gasteiger partial charge >= 0.3 is 0 Å². The second-order valence-corrected chi connectivity index (χ2v) is 7.68. The molecule has 1 saturated heterocycles. The molecule has 0 saturated carbocycles. The van der Waals surface area contributed by atoms with Crippen LogP contribution in [0.2, 0.25) is 0 Å². The topological polar surface area (TPSA) is 51.2 Å². The summed E-state index contributed by atoms with van der Waals surface area (Å²) in [6.07, 6.45) is 1.69. The Morgan fingerprint density at radius 1 is 0.893 bits per heavy atom. The fraction of sp³-hybridized carbons (Fsp3) is 0.391. The lowest BCUT2D eigenvalue weighted by molar-refractivity contribution is 0.0552. The van der Waals surface area contributed by atoms with Gasteiger partial charge in [-0.2, -0.15) is 0 Å². The molecule has 5 rings (SSSR count). The van der Waals surface area contributed by atoms with Crippen LogP contribution in [0.15, 0.2) is 30.3 Å². The van der Waals surface area contributed by atoms with Crippen molar-refractivity contribution in [1.29, 1.82) is 0 Å². The molecule has 2 aliphatic heterocycles. The Morgan fingerprint density at radius 3 is 2.32 bits per heavy atom. The third kappa shape index (κ3) is 2.39. The van der Waals surface area contributed by atoms with Crippen LogP contribution in [-0.2, 0) is 6.54 Å². The lowest BCUT2D eigenvalue weighted by Gasteiger charge is -2.37. The molecule has 5 nitrogen and oxygen atoms in total. The minimum atomic E-state index is -0.486. The van der Waals surface area contributed by atoms with Gasteiger partial charge in [0.2, 0.25) is 0 Å². The van der Waals surface area contributed by atoms with Crippen LogP contribution in [-0.4, -0.2) is 43.9 Å². The van der Waals surface area contributed by atoms with Gasteiger partial charge in [0, 0.05) is 12.6 Å². The number of methoxy groups -OCH3 is 3. The van der Waals surface area contributed by atoms with Gasteiger partial charge in [0.15, 0.2) is 11.5 Å². The highest BCUT2D eigenvalue weighted by molar-refractivity contribution is 6.12. The van der Waals surface area contributed by atoms with E-state index in [1.807, 2.05) is 12.1 Å². The molecule has 2 aliphatic rings. The van der Waals surface area contributed by atoms with Crippen LogP contribution in [0, 0.1) is 0 Å². The van der Waals surface area contributed by atoms with Crippen LogP contribution >= 0.6 is 0 Å². The first kappa shape index (κ1) is 17.6. The van der Waals surface area contributed by atoms with Crippen LogP contribution in [0.5, 0.6) is 17.2 Å². The third-order valence-corrected chi connectivity index (χ3v) is 6.42. The maximum absolute atomic E-state index is 11.3. The lowest BCUT2D eigenvalue weighted by Crippen LogP contribution is -2.39. The zero-order chi connectivity index (χ0) is 19.4. The Bertz CT molecular complexity index is 1080. The summed E-state index contributed by atoms with van der Waals surface area (Å²) in [7, 11) is 4.99. The lowest BCUT2D eigenvalue weighted by atomic mass is 9.83. The first-order valence-corrected chi connectivity index (χ1v) is 9.76. The Morgan fingerprint density at radius 2 is 1.61 bits per heavy atom. The van der Waals surface area contributed by atoms with Gasteiger partial charge < -0.3 is 19.3 Å². The van der Waals surface area contributed by atoms with E-state index >= 15 is 0 Å². The monoisotopic (exact) mass is 379 g/mol. The molecule has 0 aliphatic carbocycles. The number of aliphatic hydroxyl groups is 1. The van der Waals surface area contributed by atoms with E-state index in [0.29, 0.717) is 11.5 Å². The van der Waals surface area contributed by atoms with E-state index in [2.05, 4.69) is 23.1 Å². The zero-order valence-electron chi connectivity index (χ0n) is 16.5. The summed E-state index contributed by atoms with van der Waals surface area (Å²) in [6, 6.07) is 10.4. The molecular weight excluding hydrogens is 354 g/mol. The normalized spacial score (nSPS) is 21.6. The highest BCUT2D eigenvalue weighted by atomic mass is 16.5. The first-order chi connectivity index (χ1) is 13.7. The molecular formula is C23H25NO4. The number of fused-ring (bicyclic) bond motifs is 7. The summed E-state index contributed by atoms with van der Waals surface area (Å²) in [5, 5.41) is 15.7. The molecule has 0 radical (unpaired) electrons. The number of nitrogens with zero attached hydrogens (tertiary/aromatic N) is 1. The molecule has 5 heteroatoms. The van der Waals surface area contributed by atoms with Crippen molar-refractivity contribution < 1.29 is 19.3 Å². The van der Waals surface area contributed by atoms with Crippen molar-refractivity contribution >= 4 is 21.5 Å². The van der Waals surface area contributed by atoms with Crippen LogP contribution < -0.4 is 14.2 Å². The van der Waals surface area contributed by atoms with Gasteiger partial charge in [-0.15, -0.1) is 0 Å². The Balaban J connectivity index is 1.91. The fourth-order valence-electron chi connectivity index (χ4n) is 5.08. The molecule has 0 amide bonds. The summed E-state index contributed by atoms with van der Waals surface area (Å²) < 4.78 is 16.6. The molecule has 0 bridgehead atoms. The summed E-state index contributed by atoms with van der Waals surface area (Å²) >= 11 is 0. The van der Waals surface area contributed by atoms with Crippen LogP contribution in [0.3, 0.4) is 0 Å². The quantitative estimate of drug-likeness (QED) is 0.697. The molecule has 0 unspecified atom stereocenters. The molecule has 3 aromatic rings. The van der Waals surface area contributed by atoms with E-state index in [1.165, 1.54) is 5.56 Å². The molecule has 2 heterocycles. The number of hydrogen-bond donors (Lipinski definition) is 1. The molecule has 0 aromatic heterocycles. The van der Waals surface area contributed by atoms with Crippen molar-refractivity contribution in [3.05, 3.63) is 41.5 Å². The Labute approximate surface area is 164 Å². The maximum Gasteiger partial charge on any atom is 0.161 e. The smallest absolute Gasteiger partial charge is 0.161 e. The van der Waals surface area contributed by atoms with Crippen molar-refractivity contribution in [2.45, 2.75) is 31.5 Å². The van der Waals surface area contributed by atoms with Gasteiger partial charge in [0.1, 0.15) is 5.75 Å².